The van der Waals surface area contributed by atoms with Crippen molar-refractivity contribution in [2.24, 2.45) is 0 Å². The molecule has 2 aromatic carbocycles. The van der Waals surface area contributed by atoms with Crippen LogP contribution < -0.4 is 5.73 Å². The molecular formula is C14H9BrF3NO. The van der Waals surface area contributed by atoms with E-state index in [2.05, 4.69) is 15.9 Å². The molecule has 0 atom stereocenters. The smallest absolute Gasteiger partial charge is 0.398 e. The highest BCUT2D eigenvalue weighted by Crippen LogP contribution is 2.35. The summed E-state index contributed by atoms with van der Waals surface area (Å²) in [6, 6.07) is 9.70. The average Bonchev–Trinajstić information content (AvgIpc) is 2.37. The van der Waals surface area contributed by atoms with Crippen LogP contribution in [0.1, 0.15) is 21.5 Å². The van der Waals surface area contributed by atoms with Crippen molar-refractivity contribution in [3.05, 3.63) is 63.6 Å². The summed E-state index contributed by atoms with van der Waals surface area (Å²) in [7, 11) is 0. The Labute approximate surface area is 121 Å². The molecule has 0 unspecified atom stereocenters. The maximum absolute atomic E-state index is 12.8. The number of hydrogen-bond donors (Lipinski definition) is 1. The molecule has 0 bridgehead atoms. The largest absolute Gasteiger partial charge is 0.418 e. The molecule has 0 spiro atoms. The van der Waals surface area contributed by atoms with Crippen LogP contribution >= 0.6 is 15.9 Å². The SMILES string of the molecule is Nc1c(C(=O)c2cccc(Br)c2)cccc1C(F)(F)F. The van der Waals surface area contributed by atoms with Gasteiger partial charge in [-0.05, 0) is 24.3 Å². The van der Waals surface area contributed by atoms with E-state index in [0.717, 1.165) is 6.07 Å². The number of para-hydroxylation sites is 1. The number of alkyl halides is 3. The summed E-state index contributed by atoms with van der Waals surface area (Å²) >= 11 is 3.20. The second-order valence-electron chi connectivity index (χ2n) is 4.10. The van der Waals surface area contributed by atoms with Crippen LogP contribution in [0.2, 0.25) is 0 Å². The Morgan fingerprint density at radius 3 is 2.35 bits per heavy atom. The zero-order chi connectivity index (χ0) is 14.9. The molecule has 20 heavy (non-hydrogen) atoms. The van der Waals surface area contributed by atoms with Crippen LogP contribution in [0.4, 0.5) is 18.9 Å². The van der Waals surface area contributed by atoms with Crippen molar-refractivity contribution < 1.29 is 18.0 Å². The van der Waals surface area contributed by atoms with Gasteiger partial charge in [0.2, 0.25) is 0 Å². The van der Waals surface area contributed by atoms with Crippen LogP contribution in [0, 0.1) is 0 Å². The van der Waals surface area contributed by atoms with Gasteiger partial charge in [0.1, 0.15) is 0 Å². The van der Waals surface area contributed by atoms with E-state index in [9.17, 15) is 18.0 Å². The van der Waals surface area contributed by atoms with Gasteiger partial charge in [-0.25, -0.2) is 0 Å². The molecule has 104 valence electrons. The topological polar surface area (TPSA) is 43.1 Å². The van der Waals surface area contributed by atoms with E-state index >= 15 is 0 Å². The van der Waals surface area contributed by atoms with Gasteiger partial charge in [0.15, 0.2) is 5.78 Å². The number of carbonyl (C=O) groups is 1. The number of benzene rings is 2. The molecule has 0 aliphatic rings. The zero-order valence-electron chi connectivity index (χ0n) is 10.0. The summed E-state index contributed by atoms with van der Waals surface area (Å²) in [6.07, 6.45) is -4.59. The van der Waals surface area contributed by atoms with Gasteiger partial charge < -0.3 is 5.73 Å². The number of ketones is 1. The van der Waals surface area contributed by atoms with Gasteiger partial charge in [0.05, 0.1) is 11.3 Å². The number of halogens is 4. The highest BCUT2D eigenvalue weighted by molar-refractivity contribution is 9.10. The Bertz CT molecular complexity index is 668. The molecule has 0 fully saturated rings. The van der Waals surface area contributed by atoms with Gasteiger partial charge in [-0.2, -0.15) is 13.2 Å². The minimum absolute atomic E-state index is 0.155. The fourth-order valence-corrected chi connectivity index (χ4v) is 2.19. The summed E-state index contributed by atoms with van der Waals surface area (Å²) in [4.78, 5) is 12.2. The predicted molar refractivity (Wildman–Crippen MR) is 73.4 cm³/mol. The molecule has 0 saturated carbocycles. The lowest BCUT2D eigenvalue weighted by Crippen LogP contribution is -2.13. The van der Waals surface area contributed by atoms with Crippen molar-refractivity contribution in [2.45, 2.75) is 6.18 Å². The van der Waals surface area contributed by atoms with Crippen molar-refractivity contribution in [3.63, 3.8) is 0 Å². The second-order valence-corrected chi connectivity index (χ2v) is 5.02. The molecule has 0 radical (unpaired) electrons. The second kappa shape index (κ2) is 5.28. The first-order valence-electron chi connectivity index (χ1n) is 5.56. The highest BCUT2D eigenvalue weighted by Gasteiger charge is 2.34. The molecule has 2 N–H and O–H groups in total. The van der Waals surface area contributed by atoms with E-state index in [-0.39, 0.29) is 11.1 Å². The lowest BCUT2D eigenvalue weighted by molar-refractivity contribution is -0.136. The number of hydrogen-bond acceptors (Lipinski definition) is 2. The van der Waals surface area contributed by atoms with Crippen LogP contribution in [-0.2, 0) is 6.18 Å². The van der Waals surface area contributed by atoms with Gasteiger partial charge in [-0.15, -0.1) is 0 Å². The van der Waals surface area contributed by atoms with Gasteiger partial charge >= 0.3 is 6.18 Å². The molecule has 0 amide bonds. The minimum atomic E-state index is -4.59. The molecule has 0 aromatic heterocycles. The summed E-state index contributed by atoms with van der Waals surface area (Å²) in [5.41, 5.74) is 4.05. The summed E-state index contributed by atoms with van der Waals surface area (Å²) < 4.78 is 38.9. The molecule has 2 nitrogen and oxygen atoms in total. The predicted octanol–water partition coefficient (Wildman–Crippen LogP) is 4.28. The number of rotatable bonds is 2. The summed E-state index contributed by atoms with van der Waals surface area (Å²) in [5, 5.41) is 0. The molecule has 2 aromatic rings. The van der Waals surface area contributed by atoms with Gasteiger partial charge in [0, 0.05) is 15.6 Å². The van der Waals surface area contributed by atoms with Crippen LogP contribution in [0.15, 0.2) is 46.9 Å². The maximum atomic E-state index is 12.8. The number of anilines is 1. The number of carbonyl (C=O) groups excluding carboxylic acids is 1. The van der Waals surface area contributed by atoms with Crippen molar-refractivity contribution in [1.82, 2.24) is 0 Å². The first-order chi connectivity index (χ1) is 9.30. The van der Waals surface area contributed by atoms with E-state index in [1.165, 1.54) is 24.3 Å². The Kier molecular flexibility index (Phi) is 3.85. The Morgan fingerprint density at radius 2 is 1.75 bits per heavy atom. The Balaban J connectivity index is 2.51. The Hall–Kier alpha value is -1.82. The van der Waals surface area contributed by atoms with Gasteiger partial charge in [-0.3, -0.25) is 4.79 Å². The molecule has 0 saturated heterocycles. The fraction of sp³-hybridized carbons (Fsp3) is 0.0714. The van der Waals surface area contributed by atoms with Gasteiger partial charge in [-0.1, -0.05) is 34.1 Å². The quantitative estimate of drug-likeness (QED) is 0.653. The number of nitrogens with two attached hydrogens (primary N) is 1. The molecule has 0 aliphatic carbocycles. The van der Waals surface area contributed by atoms with Crippen molar-refractivity contribution in [3.8, 4) is 0 Å². The van der Waals surface area contributed by atoms with Crippen molar-refractivity contribution >= 4 is 27.4 Å². The van der Waals surface area contributed by atoms with Crippen LogP contribution in [-0.4, -0.2) is 5.78 Å². The molecule has 2 rings (SSSR count). The van der Waals surface area contributed by atoms with E-state index in [0.29, 0.717) is 4.47 Å². The summed E-state index contributed by atoms with van der Waals surface area (Å²) in [6.45, 7) is 0. The van der Waals surface area contributed by atoms with Crippen molar-refractivity contribution in [1.29, 1.82) is 0 Å². The standard InChI is InChI=1S/C14H9BrF3NO/c15-9-4-1-3-8(7-9)13(20)10-5-2-6-11(12(10)19)14(16,17)18/h1-7H,19H2. The third-order valence-electron chi connectivity index (χ3n) is 2.74. The highest BCUT2D eigenvalue weighted by atomic mass is 79.9. The third kappa shape index (κ3) is 2.85. The average molecular weight is 344 g/mol. The van der Waals surface area contributed by atoms with Crippen LogP contribution in [0.3, 0.4) is 0 Å². The minimum Gasteiger partial charge on any atom is -0.398 e. The summed E-state index contributed by atoms with van der Waals surface area (Å²) in [5.74, 6) is -0.546. The van der Waals surface area contributed by atoms with Gasteiger partial charge in [0.25, 0.3) is 0 Å². The first kappa shape index (κ1) is 14.6. The van der Waals surface area contributed by atoms with E-state index in [1.54, 1.807) is 12.1 Å². The molecule has 0 aliphatic heterocycles. The monoisotopic (exact) mass is 343 g/mol. The normalized spacial score (nSPS) is 11.4. The zero-order valence-corrected chi connectivity index (χ0v) is 11.6. The van der Waals surface area contributed by atoms with E-state index < -0.39 is 23.2 Å². The fourth-order valence-electron chi connectivity index (χ4n) is 1.80. The molecule has 6 heteroatoms. The Morgan fingerprint density at radius 1 is 1.10 bits per heavy atom. The lowest BCUT2D eigenvalue weighted by Gasteiger charge is -2.13. The van der Waals surface area contributed by atoms with E-state index in [1.807, 2.05) is 0 Å². The van der Waals surface area contributed by atoms with E-state index in [4.69, 9.17) is 5.73 Å². The maximum Gasteiger partial charge on any atom is 0.418 e. The van der Waals surface area contributed by atoms with Crippen molar-refractivity contribution in [2.75, 3.05) is 5.73 Å². The number of nitrogen functional groups attached to an aromatic ring is 1. The first-order valence-corrected chi connectivity index (χ1v) is 6.36. The third-order valence-corrected chi connectivity index (χ3v) is 3.24. The molecule has 0 heterocycles. The molecular weight excluding hydrogens is 335 g/mol. The van der Waals surface area contributed by atoms with Crippen LogP contribution in [0.25, 0.3) is 0 Å². The van der Waals surface area contributed by atoms with Crippen LogP contribution in [0.5, 0.6) is 0 Å². The lowest BCUT2D eigenvalue weighted by atomic mass is 9.99.